The number of hydrogen-bond acceptors (Lipinski definition) is 6. The molecule has 0 aliphatic rings. The van der Waals surface area contributed by atoms with Crippen molar-refractivity contribution in [2.45, 2.75) is 18.7 Å². The third kappa shape index (κ3) is 4.14. The SMILES string of the molecule is COCCN(CC(C)C)S(=O)(=O)c1cccnc1NN. The molecule has 1 heterocycles. The number of pyridine rings is 1. The number of nitrogens with one attached hydrogen (secondary N) is 1. The first-order valence-corrected chi connectivity index (χ1v) is 7.78. The van der Waals surface area contributed by atoms with Gasteiger partial charge in [-0.1, -0.05) is 13.8 Å². The normalized spacial score (nSPS) is 12.1. The van der Waals surface area contributed by atoms with E-state index >= 15 is 0 Å². The van der Waals surface area contributed by atoms with Crippen LogP contribution in [0.5, 0.6) is 0 Å². The molecule has 20 heavy (non-hydrogen) atoms. The Bertz CT molecular complexity index is 519. The first-order valence-electron chi connectivity index (χ1n) is 6.34. The predicted molar refractivity (Wildman–Crippen MR) is 77.5 cm³/mol. The Hall–Kier alpha value is -1.22. The molecule has 1 aromatic heterocycles. The van der Waals surface area contributed by atoms with E-state index in [0.29, 0.717) is 13.2 Å². The summed E-state index contributed by atoms with van der Waals surface area (Å²) in [6.07, 6.45) is 1.48. The Labute approximate surface area is 120 Å². The van der Waals surface area contributed by atoms with Crippen LogP contribution in [0, 0.1) is 5.92 Å². The number of nitrogen functional groups attached to an aromatic ring is 1. The zero-order chi connectivity index (χ0) is 15.2. The lowest BCUT2D eigenvalue weighted by Gasteiger charge is -2.24. The van der Waals surface area contributed by atoms with Gasteiger partial charge in [0.05, 0.1) is 6.61 Å². The van der Waals surface area contributed by atoms with Crippen LogP contribution in [0.25, 0.3) is 0 Å². The highest BCUT2D eigenvalue weighted by molar-refractivity contribution is 7.89. The standard InChI is InChI=1S/C12H22N4O3S/c1-10(2)9-16(7-8-19-3)20(17,18)11-5-4-6-14-12(11)15-13/h4-6,10H,7-9,13H2,1-3H3,(H,14,15). The van der Waals surface area contributed by atoms with Crippen LogP contribution in [0.1, 0.15) is 13.8 Å². The van der Waals surface area contributed by atoms with E-state index in [4.69, 9.17) is 10.6 Å². The smallest absolute Gasteiger partial charge is 0.246 e. The van der Waals surface area contributed by atoms with Gasteiger partial charge in [-0.15, -0.1) is 0 Å². The van der Waals surface area contributed by atoms with E-state index in [1.54, 1.807) is 6.07 Å². The van der Waals surface area contributed by atoms with Gasteiger partial charge in [-0.2, -0.15) is 4.31 Å². The molecule has 3 N–H and O–H groups in total. The zero-order valence-electron chi connectivity index (χ0n) is 12.0. The van der Waals surface area contributed by atoms with Crippen LogP contribution < -0.4 is 11.3 Å². The minimum atomic E-state index is -3.66. The second-order valence-corrected chi connectivity index (χ2v) is 6.65. The maximum Gasteiger partial charge on any atom is 0.246 e. The van der Waals surface area contributed by atoms with E-state index in [1.807, 2.05) is 13.8 Å². The lowest BCUT2D eigenvalue weighted by atomic mass is 10.2. The van der Waals surface area contributed by atoms with Crippen molar-refractivity contribution in [3.05, 3.63) is 18.3 Å². The highest BCUT2D eigenvalue weighted by Crippen LogP contribution is 2.22. The monoisotopic (exact) mass is 302 g/mol. The number of ether oxygens (including phenoxy) is 1. The first kappa shape index (κ1) is 16.8. The average Bonchev–Trinajstić information content (AvgIpc) is 2.42. The van der Waals surface area contributed by atoms with Gasteiger partial charge in [0.2, 0.25) is 10.0 Å². The van der Waals surface area contributed by atoms with Gasteiger partial charge >= 0.3 is 0 Å². The van der Waals surface area contributed by atoms with Crippen LogP contribution in [0.15, 0.2) is 23.2 Å². The molecule has 0 aliphatic heterocycles. The molecule has 0 spiro atoms. The van der Waals surface area contributed by atoms with Crippen molar-refractivity contribution in [1.29, 1.82) is 0 Å². The van der Waals surface area contributed by atoms with Gasteiger partial charge in [0.15, 0.2) is 5.82 Å². The Morgan fingerprint density at radius 1 is 1.50 bits per heavy atom. The topological polar surface area (TPSA) is 97.5 Å². The summed E-state index contributed by atoms with van der Waals surface area (Å²) in [4.78, 5) is 4.00. The number of hydrogen-bond donors (Lipinski definition) is 2. The molecule has 0 aromatic carbocycles. The molecule has 0 unspecified atom stereocenters. The molecule has 0 radical (unpaired) electrons. The van der Waals surface area contributed by atoms with Crippen molar-refractivity contribution in [3.8, 4) is 0 Å². The van der Waals surface area contributed by atoms with Gasteiger partial charge in [0.1, 0.15) is 4.90 Å². The molecule has 0 saturated carbocycles. The molecule has 114 valence electrons. The van der Waals surface area contributed by atoms with Gasteiger partial charge in [-0.3, -0.25) is 0 Å². The number of sulfonamides is 1. The summed E-state index contributed by atoms with van der Waals surface area (Å²) in [6.45, 7) is 4.94. The second kappa shape index (κ2) is 7.53. The molecule has 0 fully saturated rings. The summed E-state index contributed by atoms with van der Waals surface area (Å²) in [5.41, 5.74) is 2.32. The fourth-order valence-corrected chi connectivity index (χ4v) is 3.45. The second-order valence-electron chi connectivity index (χ2n) is 4.74. The van der Waals surface area contributed by atoms with Gasteiger partial charge in [0.25, 0.3) is 0 Å². The van der Waals surface area contributed by atoms with E-state index < -0.39 is 10.0 Å². The van der Waals surface area contributed by atoms with Crippen molar-refractivity contribution in [3.63, 3.8) is 0 Å². The maximum absolute atomic E-state index is 12.7. The molecule has 0 aliphatic carbocycles. The maximum atomic E-state index is 12.7. The van der Waals surface area contributed by atoms with Crippen LogP contribution >= 0.6 is 0 Å². The summed E-state index contributed by atoms with van der Waals surface area (Å²) < 4.78 is 31.7. The van der Waals surface area contributed by atoms with Crippen molar-refractivity contribution in [2.24, 2.45) is 11.8 Å². The molecule has 1 rings (SSSR count). The predicted octanol–water partition coefficient (Wildman–Crippen LogP) is 0.660. The number of aromatic nitrogens is 1. The summed E-state index contributed by atoms with van der Waals surface area (Å²) in [5.74, 6) is 5.67. The molecule has 1 aromatic rings. The highest BCUT2D eigenvalue weighted by Gasteiger charge is 2.27. The fourth-order valence-electron chi connectivity index (χ4n) is 1.76. The summed E-state index contributed by atoms with van der Waals surface area (Å²) in [5, 5.41) is 0. The van der Waals surface area contributed by atoms with E-state index in [0.717, 1.165) is 0 Å². The number of rotatable bonds is 8. The molecule has 0 atom stereocenters. The minimum absolute atomic E-state index is 0.0688. The number of anilines is 1. The van der Waals surface area contributed by atoms with Gasteiger partial charge in [-0.25, -0.2) is 19.2 Å². The zero-order valence-corrected chi connectivity index (χ0v) is 12.9. The molecule has 8 heteroatoms. The molecule has 0 bridgehead atoms. The third-order valence-corrected chi connectivity index (χ3v) is 4.54. The van der Waals surface area contributed by atoms with E-state index in [-0.39, 0.29) is 23.2 Å². The molecular weight excluding hydrogens is 280 g/mol. The lowest BCUT2D eigenvalue weighted by Crippen LogP contribution is -2.37. The van der Waals surface area contributed by atoms with Crippen LogP contribution in [0.2, 0.25) is 0 Å². The van der Waals surface area contributed by atoms with Crippen LogP contribution in [0.3, 0.4) is 0 Å². The molecular formula is C12H22N4O3S. The lowest BCUT2D eigenvalue weighted by molar-refractivity contribution is 0.175. The van der Waals surface area contributed by atoms with Crippen LogP contribution in [-0.4, -0.2) is 44.5 Å². The highest BCUT2D eigenvalue weighted by atomic mass is 32.2. The first-order chi connectivity index (χ1) is 9.43. The summed E-state index contributed by atoms with van der Waals surface area (Å²) in [6, 6.07) is 3.05. The third-order valence-electron chi connectivity index (χ3n) is 2.64. The fraction of sp³-hybridized carbons (Fsp3) is 0.583. The molecule has 0 amide bonds. The Morgan fingerprint density at radius 2 is 2.20 bits per heavy atom. The Morgan fingerprint density at radius 3 is 2.75 bits per heavy atom. The van der Waals surface area contributed by atoms with E-state index in [9.17, 15) is 8.42 Å². The number of hydrazine groups is 1. The minimum Gasteiger partial charge on any atom is -0.383 e. The van der Waals surface area contributed by atoms with Crippen molar-refractivity contribution in [1.82, 2.24) is 9.29 Å². The van der Waals surface area contributed by atoms with Crippen molar-refractivity contribution in [2.75, 3.05) is 32.2 Å². The summed E-state index contributed by atoms with van der Waals surface area (Å²) >= 11 is 0. The number of methoxy groups -OCH3 is 1. The number of nitrogens with two attached hydrogens (primary N) is 1. The van der Waals surface area contributed by atoms with E-state index in [2.05, 4.69) is 10.4 Å². The van der Waals surface area contributed by atoms with Crippen molar-refractivity contribution >= 4 is 15.8 Å². The quantitative estimate of drug-likeness (QED) is 0.541. The Kier molecular flexibility index (Phi) is 6.34. The van der Waals surface area contributed by atoms with E-state index in [1.165, 1.54) is 23.7 Å². The largest absolute Gasteiger partial charge is 0.383 e. The van der Waals surface area contributed by atoms with Crippen LogP contribution in [0.4, 0.5) is 5.82 Å². The van der Waals surface area contributed by atoms with Gasteiger partial charge < -0.3 is 10.2 Å². The van der Waals surface area contributed by atoms with Crippen molar-refractivity contribution < 1.29 is 13.2 Å². The molecule has 0 saturated heterocycles. The molecule has 7 nitrogen and oxygen atoms in total. The Balaban J connectivity index is 3.14. The summed E-state index contributed by atoms with van der Waals surface area (Å²) in [7, 11) is -2.12. The number of nitrogens with zero attached hydrogens (tertiary/aromatic N) is 2. The van der Waals surface area contributed by atoms with Gasteiger partial charge in [0, 0.05) is 26.4 Å². The average molecular weight is 302 g/mol. The van der Waals surface area contributed by atoms with Crippen LogP contribution in [-0.2, 0) is 14.8 Å². The van der Waals surface area contributed by atoms with Gasteiger partial charge in [-0.05, 0) is 18.1 Å².